The molecule has 0 aliphatic rings. The fraction of sp³-hybridized carbons (Fsp3) is 0.333. The molecule has 1 atom stereocenters. The smallest absolute Gasteiger partial charge is 0.321 e. The van der Waals surface area contributed by atoms with Crippen LogP contribution in [0.5, 0.6) is 0 Å². The average Bonchev–Trinajstić information content (AvgIpc) is 2.50. The lowest BCUT2D eigenvalue weighted by Crippen LogP contribution is -2.45. The van der Waals surface area contributed by atoms with Crippen LogP contribution in [0.15, 0.2) is 29.3 Å². The van der Waals surface area contributed by atoms with Gasteiger partial charge in [0.1, 0.15) is 6.54 Å². The number of hydrogen-bond donors (Lipinski definition) is 2. The summed E-state index contributed by atoms with van der Waals surface area (Å²) in [6.07, 6.45) is 2.02. The number of fused-ring (bicyclic) bond motifs is 1. The summed E-state index contributed by atoms with van der Waals surface area (Å²) in [4.78, 5) is 39.9. The lowest BCUT2D eigenvalue weighted by molar-refractivity contribution is -0.120. The number of urea groups is 1. The molecule has 23 heavy (non-hydrogen) atoms. The largest absolute Gasteiger partial charge is 0.335 e. The van der Waals surface area contributed by atoms with Gasteiger partial charge in [-0.05, 0) is 31.5 Å². The Labute approximate surface area is 137 Å². The standard InChI is InChI=1S/C15H17ClN4O3/c1-3-9(2)18-15(23)19-13(21)7-20-8-17-12-5-4-10(16)6-11(12)14(20)22/h4-6,8-9H,3,7H2,1-2H3,(H2,18,19,21,23)/t9-/m0/s1. The number of rotatable bonds is 4. The first kappa shape index (κ1) is 17.0. The molecule has 1 heterocycles. The number of carbonyl (C=O) groups excluding carboxylic acids is 2. The molecule has 3 amide bonds. The van der Waals surface area contributed by atoms with Gasteiger partial charge in [-0.2, -0.15) is 0 Å². The van der Waals surface area contributed by atoms with Crippen LogP contribution in [0.3, 0.4) is 0 Å². The lowest BCUT2D eigenvalue weighted by atomic mass is 10.2. The fourth-order valence-corrected chi connectivity index (χ4v) is 2.10. The zero-order valence-corrected chi connectivity index (χ0v) is 13.6. The van der Waals surface area contributed by atoms with Crippen LogP contribution in [0.4, 0.5) is 4.79 Å². The molecular weight excluding hydrogens is 320 g/mol. The molecule has 2 N–H and O–H groups in total. The highest BCUT2D eigenvalue weighted by Crippen LogP contribution is 2.13. The van der Waals surface area contributed by atoms with Gasteiger partial charge in [0, 0.05) is 11.1 Å². The second kappa shape index (κ2) is 7.23. The molecule has 0 aliphatic heterocycles. The maximum Gasteiger partial charge on any atom is 0.321 e. The van der Waals surface area contributed by atoms with Gasteiger partial charge in [-0.1, -0.05) is 18.5 Å². The number of carbonyl (C=O) groups is 2. The summed E-state index contributed by atoms with van der Waals surface area (Å²) >= 11 is 5.87. The maximum absolute atomic E-state index is 12.3. The highest BCUT2D eigenvalue weighted by atomic mass is 35.5. The van der Waals surface area contributed by atoms with Gasteiger partial charge in [0.05, 0.1) is 17.2 Å². The van der Waals surface area contributed by atoms with Crippen LogP contribution in [-0.2, 0) is 11.3 Å². The van der Waals surface area contributed by atoms with Crippen molar-refractivity contribution in [2.24, 2.45) is 0 Å². The van der Waals surface area contributed by atoms with Crippen molar-refractivity contribution in [3.8, 4) is 0 Å². The molecule has 0 spiro atoms. The highest BCUT2D eigenvalue weighted by molar-refractivity contribution is 6.31. The van der Waals surface area contributed by atoms with E-state index in [0.29, 0.717) is 15.9 Å². The highest BCUT2D eigenvalue weighted by Gasteiger charge is 2.12. The van der Waals surface area contributed by atoms with E-state index in [2.05, 4.69) is 15.6 Å². The summed E-state index contributed by atoms with van der Waals surface area (Å²) in [6.45, 7) is 3.44. The predicted molar refractivity (Wildman–Crippen MR) is 87.4 cm³/mol. The Kier molecular flexibility index (Phi) is 5.33. The van der Waals surface area contributed by atoms with Gasteiger partial charge in [-0.3, -0.25) is 19.5 Å². The predicted octanol–water partition coefficient (Wildman–Crippen LogP) is 1.67. The average molecular weight is 337 g/mol. The summed E-state index contributed by atoms with van der Waals surface area (Å²) in [5.41, 5.74) is 0.0977. The molecule has 2 aromatic rings. The van der Waals surface area contributed by atoms with Crippen LogP contribution < -0.4 is 16.2 Å². The van der Waals surface area contributed by atoms with Crippen LogP contribution in [-0.4, -0.2) is 27.5 Å². The van der Waals surface area contributed by atoms with Crippen LogP contribution in [0.2, 0.25) is 5.02 Å². The minimum atomic E-state index is -0.601. The Hall–Kier alpha value is -2.41. The number of benzene rings is 1. The van der Waals surface area contributed by atoms with Crippen LogP contribution in [0, 0.1) is 0 Å². The SMILES string of the molecule is CC[C@H](C)NC(=O)NC(=O)Cn1cnc2ccc(Cl)cc2c1=O. The van der Waals surface area contributed by atoms with Gasteiger partial charge < -0.3 is 5.32 Å². The summed E-state index contributed by atoms with van der Waals surface area (Å²) < 4.78 is 1.13. The summed E-state index contributed by atoms with van der Waals surface area (Å²) in [5, 5.41) is 5.51. The van der Waals surface area contributed by atoms with Gasteiger partial charge >= 0.3 is 6.03 Å². The zero-order valence-electron chi connectivity index (χ0n) is 12.8. The second-order valence-electron chi connectivity index (χ2n) is 5.17. The van der Waals surface area contributed by atoms with Crippen molar-refractivity contribution in [1.29, 1.82) is 0 Å². The van der Waals surface area contributed by atoms with E-state index in [1.165, 1.54) is 12.4 Å². The summed E-state index contributed by atoms with van der Waals surface area (Å²) in [6, 6.07) is 4.12. The van der Waals surface area contributed by atoms with E-state index in [1.54, 1.807) is 12.1 Å². The monoisotopic (exact) mass is 336 g/mol. The van der Waals surface area contributed by atoms with E-state index in [9.17, 15) is 14.4 Å². The molecule has 1 aromatic heterocycles. The molecule has 8 heteroatoms. The first-order valence-electron chi connectivity index (χ1n) is 7.15. The lowest BCUT2D eigenvalue weighted by Gasteiger charge is -2.12. The van der Waals surface area contributed by atoms with E-state index in [-0.39, 0.29) is 12.6 Å². The van der Waals surface area contributed by atoms with Gasteiger partial charge in [0.2, 0.25) is 5.91 Å². The summed E-state index contributed by atoms with van der Waals surface area (Å²) in [7, 11) is 0. The van der Waals surface area contributed by atoms with E-state index in [1.807, 2.05) is 13.8 Å². The van der Waals surface area contributed by atoms with E-state index < -0.39 is 17.5 Å². The van der Waals surface area contributed by atoms with Gasteiger partial charge in [-0.25, -0.2) is 9.78 Å². The Morgan fingerprint density at radius 3 is 2.83 bits per heavy atom. The number of halogens is 1. The van der Waals surface area contributed by atoms with E-state index in [0.717, 1.165) is 11.0 Å². The number of nitrogens with one attached hydrogen (secondary N) is 2. The van der Waals surface area contributed by atoms with Crippen molar-refractivity contribution >= 4 is 34.4 Å². The van der Waals surface area contributed by atoms with E-state index >= 15 is 0 Å². The molecule has 2 rings (SSSR count). The van der Waals surface area contributed by atoms with Crippen molar-refractivity contribution in [1.82, 2.24) is 20.2 Å². The zero-order chi connectivity index (χ0) is 17.0. The minimum Gasteiger partial charge on any atom is -0.335 e. The number of amides is 3. The molecule has 0 bridgehead atoms. The normalized spacial score (nSPS) is 12.0. The molecule has 0 aliphatic carbocycles. The maximum atomic E-state index is 12.3. The number of aromatic nitrogens is 2. The topological polar surface area (TPSA) is 93.1 Å². The molecule has 0 saturated heterocycles. The summed E-state index contributed by atoms with van der Waals surface area (Å²) in [5.74, 6) is -0.601. The molecule has 0 unspecified atom stereocenters. The van der Waals surface area contributed by atoms with Crippen molar-refractivity contribution in [2.45, 2.75) is 32.9 Å². The fourth-order valence-electron chi connectivity index (χ4n) is 1.93. The van der Waals surface area contributed by atoms with Crippen LogP contribution >= 0.6 is 11.6 Å². The molecule has 1 aromatic carbocycles. The van der Waals surface area contributed by atoms with Crippen LogP contribution in [0.25, 0.3) is 10.9 Å². The number of imide groups is 1. The second-order valence-corrected chi connectivity index (χ2v) is 5.61. The molecule has 7 nitrogen and oxygen atoms in total. The Morgan fingerprint density at radius 2 is 2.13 bits per heavy atom. The Morgan fingerprint density at radius 1 is 1.39 bits per heavy atom. The Balaban J connectivity index is 2.12. The van der Waals surface area contributed by atoms with Crippen molar-refractivity contribution in [3.63, 3.8) is 0 Å². The molecule has 0 fully saturated rings. The minimum absolute atomic E-state index is 0.0463. The third-order valence-electron chi connectivity index (χ3n) is 3.34. The van der Waals surface area contributed by atoms with Crippen molar-refractivity contribution in [2.75, 3.05) is 0 Å². The first-order valence-corrected chi connectivity index (χ1v) is 7.53. The van der Waals surface area contributed by atoms with Crippen molar-refractivity contribution in [3.05, 3.63) is 39.9 Å². The third kappa shape index (κ3) is 4.29. The van der Waals surface area contributed by atoms with Crippen LogP contribution in [0.1, 0.15) is 20.3 Å². The van der Waals surface area contributed by atoms with Gasteiger partial charge in [0.15, 0.2) is 0 Å². The first-order chi connectivity index (χ1) is 10.9. The molecular formula is C15H17ClN4O3. The van der Waals surface area contributed by atoms with E-state index in [4.69, 9.17) is 11.6 Å². The molecule has 122 valence electrons. The molecule has 0 radical (unpaired) electrons. The number of hydrogen-bond acceptors (Lipinski definition) is 4. The van der Waals surface area contributed by atoms with Gasteiger partial charge in [0.25, 0.3) is 5.56 Å². The third-order valence-corrected chi connectivity index (χ3v) is 3.58. The van der Waals surface area contributed by atoms with Gasteiger partial charge in [-0.15, -0.1) is 0 Å². The molecule has 0 saturated carbocycles. The van der Waals surface area contributed by atoms with Crippen molar-refractivity contribution < 1.29 is 9.59 Å². The quantitative estimate of drug-likeness (QED) is 0.888. The Bertz CT molecular complexity index is 803. The number of nitrogens with zero attached hydrogens (tertiary/aromatic N) is 2.